The fourth-order valence-corrected chi connectivity index (χ4v) is 1.48. The Bertz CT molecular complexity index is 711. The Morgan fingerprint density at radius 3 is 0.882 bits per heavy atom. The van der Waals surface area contributed by atoms with Crippen LogP contribution in [0.15, 0.2) is 0 Å². The van der Waals surface area contributed by atoms with Crippen molar-refractivity contribution in [3.63, 3.8) is 0 Å². The van der Waals surface area contributed by atoms with E-state index in [2.05, 4.69) is 18.9 Å². The molecule has 0 spiro atoms. The highest BCUT2D eigenvalue weighted by atomic mass is 19.2. The van der Waals surface area contributed by atoms with Crippen molar-refractivity contribution in [3.05, 3.63) is 60.7 Å². The summed E-state index contributed by atoms with van der Waals surface area (Å²) in [6.07, 6.45) is -4.06. The van der Waals surface area contributed by atoms with E-state index in [-0.39, 0.29) is 0 Å². The van der Waals surface area contributed by atoms with E-state index in [0.717, 1.165) is 6.92 Å². The molecule has 0 aromatic rings. The van der Waals surface area contributed by atoms with Gasteiger partial charge in [-0.3, -0.25) is 74.9 Å². The molecule has 0 saturated carbocycles. The molecule has 0 fully saturated rings. The first-order valence-electron chi connectivity index (χ1n) is 7.84. The van der Waals surface area contributed by atoms with E-state index >= 15 is 0 Å². The van der Waals surface area contributed by atoms with E-state index in [1.54, 1.807) is 0 Å². The van der Waals surface area contributed by atoms with Crippen molar-refractivity contribution < 1.29 is 61.7 Å². The molecule has 0 N–H and O–H groups in total. The molecule has 0 aliphatic heterocycles. The zero-order chi connectivity index (χ0) is 27.1. The predicted octanol–water partition coefficient (Wildman–Crippen LogP) is -0.786. The van der Waals surface area contributed by atoms with Crippen molar-refractivity contribution in [2.45, 2.75) is 30.8 Å². The molecule has 0 aromatic carbocycles. The standard InChI is InChI=1S/C9H11F3N6O16/c1-2-31-9(32-3-6(10,13(19)20)14(21)22,33-4-7(11,15(23)24)16(25)26)34-5-8(12,17(27)28)18(29)30/h2-5H2,1H3. The molecule has 0 atom stereocenters. The molecule has 0 bridgehead atoms. The van der Waals surface area contributed by atoms with Crippen LogP contribution in [-0.4, -0.2) is 79.9 Å². The fourth-order valence-electron chi connectivity index (χ4n) is 1.48. The lowest BCUT2D eigenvalue weighted by Crippen LogP contribution is -2.56. The predicted molar refractivity (Wildman–Crippen MR) is 85.7 cm³/mol. The lowest BCUT2D eigenvalue weighted by molar-refractivity contribution is -0.844. The smallest absolute Gasteiger partial charge is 0.304 e. The number of nitrogens with zero attached hydrogens (tertiary/aromatic N) is 6. The number of rotatable bonds is 17. The highest BCUT2D eigenvalue weighted by Crippen LogP contribution is 2.28. The van der Waals surface area contributed by atoms with Crippen LogP contribution in [0.3, 0.4) is 0 Å². The van der Waals surface area contributed by atoms with Crippen LogP contribution in [0.4, 0.5) is 13.2 Å². The van der Waals surface area contributed by atoms with Crippen molar-refractivity contribution >= 4 is 0 Å². The van der Waals surface area contributed by atoms with E-state index in [1.807, 2.05) is 0 Å². The maximum atomic E-state index is 14.0. The van der Waals surface area contributed by atoms with Gasteiger partial charge >= 0.3 is 23.9 Å². The van der Waals surface area contributed by atoms with E-state index in [9.17, 15) is 73.9 Å². The van der Waals surface area contributed by atoms with E-state index < -0.39 is 79.9 Å². The summed E-state index contributed by atoms with van der Waals surface area (Å²) in [6, 6.07) is 0. The molecule has 0 amide bonds. The number of hydrogen-bond acceptors (Lipinski definition) is 16. The minimum Gasteiger partial charge on any atom is -0.304 e. The molecule has 0 aliphatic rings. The fraction of sp³-hybridized carbons (Fsp3) is 1.00. The summed E-state index contributed by atoms with van der Waals surface area (Å²) in [7, 11) is 0. The summed E-state index contributed by atoms with van der Waals surface area (Å²) in [5.41, 5.74) is 0. The Morgan fingerprint density at radius 1 is 0.529 bits per heavy atom. The van der Waals surface area contributed by atoms with Gasteiger partial charge in [0.15, 0.2) is 0 Å². The first-order chi connectivity index (χ1) is 15.3. The average Bonchev–Trinajstić information content (AvgIpc) is 2.72. The highest BCUT2D eigenvalue weighted by Gasteiger charge is 2.65. The molecule has 0 heterocycles. The van der Waals surface area contributed by atoms with Gasteiger partial charge < -0.3 is 4.74 Å². The van der Waals surface area contributed by atoms with Crippen molar-refractivity contribution in [3.8, 4) is 0 Å². The molecule has 22 nitrogen and oxygen atoms in total. The summed E-state index contributed by atoms with van der Waals surface area (Å²) in [6.45, 7) is -7.51. The summed E-state index contributed by atoms with van der Waals surface area (Å²) in [4.78, 5) is 50.4. The summed E-state index contributed by atoms with van der Waals surface area (Å²) in [5, 5.41) is 63.8. The normalized spacial score (nSPS) is 12.7. The molecule has 0 radical (unpaired) electrons. The lowest BCUT2D eigenvalue weighted by atomic mass is 10.5. The minimum absolute atomic E-state index is 0.891. The molecule has 25 heteroatoms. The Kier molecular flexibility index (Phi) is 9.51. The first kappa shape index (κ1) is 30.0. The number of nitro groups is 6. The molecule has 0 rings (SSSR count). The van der Waals surface area contributed by atoms with E-state index in [4.69, 9.17) is 0 Å². The first-order valence-corrected chi connectivity index (χ1v) is 7.84. The van der Waals surface area contributed by atoms with Gasteiger partial charge in [0.1, 0.15) is 29.5 Å². The molecule has 0 aromatic heterocycles. The molecule has 194 valence electrons. The van der Waals surface area contributed by atoms with Gasteiger partial charge in [-0.1, -0.05) is 13.2 Å². The molecular formula is C9H11F3N6O16. The Morgan fingerprint density at radius 2 is 0.735 bits per heavy atom. The van der Waals surface area contributed by atoms with E-state index in [0.29, 0.717) is 0 Å². The average molecular weight is 516 g/mol. The number of alkyl halides is 3. The summed E-state index contributed by atoms with van der Waals surface area (Å²) >= 11 is 0. The van der Waals surface area contributed by atoms with E-state index in [1.165, 1.54) is 0 Å². The largest absolute Gasteiger partial charge is 0.638 e. The van der Waals surface area contributed by atoms with Crippen LogP contribution in [0.5, 0.6) is 0 Å². The van der Waals surface area contributed by atoms with Gasteiger partial charge in [-0.25, -0.2) is 0 Å². The summed E-state index contributed by atoms with van der Waals surface area (Å²) in [5.74, 6) is -14.4. The second-order valence-corrected chi connectivity index (χ2v) is 5.50. The van der Waals surface area contributed by atoms with Gasteiger partial charge in [-0.2, -0.15) is 0 Å². The van der Waals surface area contributed by atoms with Crippen LogP contribution in [0.2, 0.25) is 0 Å². The second kappa shape index (κ2) is 10.8. The topological polar surface area (TPSA) is 296 Å². The Labute approximate surface area is 181 Å². The van der Waals surface area contributed by atoms with Crippen molar-refractivity contribution in [2.75, 3.05) is 26.4 Å². The quantitative estimate of drug-likeness (QED) is 0.0989. The highest BCUT2D eigenvalue weighted by molar-refractivity contribution is 4.59. The Balaban J connectivity index is 6.38. The van der Waals surface area contributed by atoms with Crippen LogP contribution in [-0.2, 0) is 18.9 Å². The Hall–Kier alpha value is -3.97. The van der Waals surface area contributed by atoms with Crippen molar-refractivity contribution in [1.29, 1.82) is 0 Å². The summed E-state index contributed by atoms with van der Waals surface area (Å²) < 4.78 is 58.7. The van der Waals surface area contributed by atoms with Crippen molar-refractivity contribution in [1.82, 2.24) is 0 Å². The molecule has 0 saturated heterocycles. The number of hydrogen-bond donors (Lipinski definition) is 0. The number of ether oxygens (including phenoxy) is 4. The maximum Gasteiger partial charge on any atom is 0.638 e. The monoisotopic (exact) mass is 516 g/mol. The molecular weight excluding hydrogens is 505 g/mol. The third kappa shape index (κ3) is 6.30. The third-order valence-electron chi connectivity index (χ3n) is 3.30. The number of halogens is 3. The SMILES string of the molecule is CCOC(OCC(F)([N+](=O)[O-])[N+](=O)[O-])(OCC(F)([N+](=O)[O-])[N+](=O)[O-])OCC(F)([N+](=O)[O-])[N+](=O)[O-]. The van der Waals surface area contributed by atoms with Gasteiger partial charge in [0.25, 0.3) is 0 Å². The van der Waals surface area contributed by atoms with Crippen LogP contribution in [0, 0.1) is 60.7 Å². The minimum atomic E-state index is -4.81. The third-order valence-corrected chi connectivity index (χ3v) is 3.30. The molecule has 0 aliphatic carbocycles. The van der Waals surface area contributed by atoms with Gasteiger partial charge in [-0.05, 0) is 6.92 Å². The second-order valence-electron chi connectivity index (χ2n) is 5.50. The van der Waals surface area contributed by atoms with Crippen LogP contribution < -0.4 is 0 Å². The zero-order valence-electron chi connectivity index (χ0n) is 16.2. The van der Waals surface area contributed by atoms with Gasteiger partial charge in [0, 0.05) is 0 Å². The lowest BCUT2D eigenvalue weighted by Gasteiger charge is -2.31. The van der Waals surface area contributed by atoms with Crippen LogP contribution in [0.25, 0.3) is 0 Å². The zero-order valence-corrected chi connectivity index (χ0v) is 16.2. The van der Waals surface area contributed by atoms with Gasteiger partial charge in [-0.15, -0.1) is 0 Å². The molecule has 34 heavy (non-hydrogen) atoms. The van der Waals surface area contributed by atoms with Gasteiger partial charge in [0.2, 0.25) is 19.8 Å². The maximum absolute atomic E-state index is 14.0. The van der Waals surface area contributed by atoms with Gasteiger partial charge in [0.05, 0.1) is 6.61 Å². The van der Waals surface area contributed by atoms with Crippen LogP contribution >= 0.6 is 0 Å². The molecule has 0 unspecified atom stereocenters. The van der Waals surface area contributed by atoms with Crippen LogP contribution in [0.1, 0.15) is 6.92 Å². The van der Waals surface area contributed by atoms with Crippen molar-refractivity contribution in [2.24, 2.45) is 0 Å².